The lowest BCUT2D eigenvalue weighted by molar-refractivity contribution is 0.103. The number of aromatic nitrogens is 6. The van der Waals surface area contributed by atoms with E-state index in [0.29, 0.717) is 42.5 Å². The minimum Gasteiger partial charge on any atom is -0.310 e. The Bertz CT molecular complexity index is 1290. The first-order valence-corrected chi connectivity index (χ1v) is 11.1. The van der Waals surface area contributed by atoms with E-state index in [1.807, 2.05) is 33.5 Å². The van der Waals surface area contributed by atoms with E-state index in [4.69, 9.17) is 9.97 Å². The summed E-state index contributed by atoms with van der Waals surface area (Å²) in [6, 6.07) is 6.05. The summed E-state index contributed by atoms with van der Waals surface area (Å²) in [6.45, 7) is 1.67. The van der Waals surface area contributed by atoms with Crippen molar-refractivity contribution in [2.24, 2.45) is 0 Å². The van der Waals surface area contributed by atoms with Crippen molar-refractivity contribution in [3.63, 3.8) is 0 Å². The molecule has 0 saturated heterocycles. The predicted octanol–water partition coefficient (Wildman–Crippen LogP) is 4.27. The molecule has 1 N–H and O–H groups in total. The van der Waals surface area contributed by atoms with E-state index in [1.54, 1.807) is 13.1 Å². The average Bonchev–Trinajstić information content (AvgIpc) is 3.31. The van der Waals surface area contributed by atoms with E-state index < -0.39 is 5.67 Å². The second-order valence-corrected chi connectivity index (χ2v) is 9.34. The van der Waals surface area contributed by atoms with Gasteiger partial charge in [-0.2, -0.15) is 5.10 Å². The Balaban J connectivity index is 1.35. The fourth-order valence-electron chi connectivity index (χ4n) is 5.16. The fourth-order valence-corrected chi connectivity index (χ4v) is 5.16. The summed E-state index contributed by atoms with van der Waals surface area (Å²) in [5.41, 5.74) is 1.32. The lowest BCUT2D eigenvalue weighted by Gasteiger charge is -2.34. The number of rotatable bonds is 3. The van der Waals surface area contributed by atoms with Crippen molar-refractivity contribution in [2.75, 3.05) is 0 Å². The second kappa shape index (κ2) is 6.73. The van der Waals surface area contributed by atoms with Gasteiger partial charge >= 0.3 is 0 Å². The van der Waals surface area contributed by atoms with E-state index in [9.17, 15) is 9.18 Å². The molecule has 31 heavy (non-hydrogen) atoms. The zero-order chi connectivity index (χ0) is 21.2. The molecule has 7 nitrogen and oxygen atoms in total. The maximum Gasteiger partial charge on any atom is 0.262 e. The summed E-state index contributed by atoms with van der Waals surface area (Å²) in [6.07, 6.45) is 10.1. The summed E-state index contributed by atoms with van der Waals surface area (Å²) in [5, 5.41) is 4.97. The molecule has 0 radical (unpaired) electrons. The lowest BCUT2D eigenvalue weighted by atomic mass is 9.71. The van der Waals surface area contributed by atoms with Gasteiger partial charge in [0.05, 0.1) is 17.9 Å². The van der Waals surface area contributed by atoms with Crippen molar-refractivity contribution >= 4 is 16.7 Å². The molecule has 0 aromatic carbocycles. The van der Waals surface area contributed by atoms with Crippen LogP contribution < -0.4 is 5.56 Å². The van der Waals surface area contributed by atoms with Gasteiger partial charge in [-0.1, -0.05) is 6.07 Å². The van der Waals surface area contributed by atoms with Crippen molar-refractivity contribution in [3.8, 4) is 0 Å². The molecular formula is C23H25FN6O. The maximum atomic E-state index is 14.3. The third-order valence-electron chi connectivity index (χ3n) is 7.21. The molecule has 0 unspecified atom stereocenters. The molecule has 2 fully saturated rings. The minimum absolute atomic E-state index is 0.0825. The van der Waals surface area contributed by atoms with Gasteiger partial charge in [0, 0.05) is 24.2 Å². The van der Waals surface area contributed by atoms with Crippen molar-refractivity contribution < 1.29 is 4.39 Å². The molecule has 0 bridgehead atoms. The lowest BCUT2D eigenvalue weighted by Crippen LogP contribution is -2.29. The third-order valence-corrected chi connectivity index (χ3v) is 7.21. The molecule has 2 aliphatic carbocycles. The molecule has 0 spiro atoms. The number of halogens is 1. The highest BCUT2D eigenvalue weighted by Gasteiger charge is 2.38. The zero-order valence-electron chi connectivity index (χ0n) is 17.5. The van der Waals surface area contributed by atoms with Crippen molar-refractivity contribution in [3.05, 3.63) is 58.7 Å². The average molecular weight is 420 g/mol. The number of fused-ring (bicyclic) bond motifs is 2. The summed E-state index contributed by atoms with van der Waals surface area (Å²) in [7, 11) is 0. The van der Waals surface area contributed by atoms with Crippen LogP contribution in [0.4, 0.5) is 4.39 Å². The molecule has 2 aliphatic rings. The Labute approximate surface area is 178 Å². The SMILES string of the molecule is CC1(F)CCC(n2ncc3c(=O)[nH]c([C@@H]4CC[C@H]4c4cn5ccccc5n4)nc32)CC1. The molecule has 4 aromatic heterocycles. The van der Waals surface area contributed by atoms with Crippen LogP contribution in [0.1, 0.15) is 74.8 Å². The van der Waals surface area contributed by atoms with Crippen LogP contribution in [0.15, 0.2) is 41.6 Å². The molecule has 160 valence electrons. The number of imidazole rings is 1. The summed E-state index contributed by atoms with van der Waals surface area (Å²) < 4.78 is 18.1. The molecule has 8 heteroatoms. The van der Waals surface area contributed by atoms with Gasteiger partial charge in [0.1, 0.15) is 22.5 Å². The highest BCUT2D eigenvalue weighted by atomic mass is 19.1. The topological polar surface area (TPSA) is 80.9 Å². The van der Waals surface area contributed by atoms with E-state index in [2.05, 4.69) is 16.3 Å². The number of pyridine rings is 1. The Kier molecular flexibility index (Phi) is 4.07. The number of hydrogen-bond acceptors (Lipinski definition) is 4. The molecular weight excluding hydrogens is 395 g/mol. The first-order chi connectivity index (χ1) is 15.0. The first-order valence-electron chi connectivity index (χ1n) is 11.1. The second-order valence-electron chi connectivity index (χ2n) is 9.34. The Morgan fingerprint density at radius 1 is 1.13 bits per heavy atom. The molecule has 0 aliphatic heterocycles. The van der Waals surface area contributed by atoms with Crippen LogP contribution >= 0.6 is 0 Å². The third kappa shape index (κ3) is 3.07. The van der Waals surface area contributed by atoms with Crippen LogP contribution in [-0.4, -0.2) is 34.8 Å². The number of nitrogens with one attached hydrogen (secondary N) is 1. The molecule has 2 atom stereocenters. The highest BCUT2D eigenvalue weighted by molar-refractivity contribution is 5.73. The van der Waals surface area contributed by atoms with Crippen LogP contribution in [0.25, 0.3) is 16.7 Å². The van der Waals surface area contributed by atoms with E-state index in [-0.39, 0.29) is 23.4 Å². The standard InChI is InChI=1S/C23H25FN6O/c1-23(24)9-7-14(8-10-23)30-21-17(12-25-30)22(31)28-20(27-21)16-6-5-15(16)18-13-29-11-3-2-4-19(29)26-18/h2-4,11-16H,5-10H2,1H3,(H,27,28,31)/t14?,15-,16-,23?/m1/s1. The van der Waals surface area contributed by atoms with E-state index in [1.165, 1.54) is 0 Å². The van der Waals surface area contributed by atoms with Gasteiger partial charge in [0.15, 0.2) is 5.65 Å². The highest BCUT2D eigenvalue weighted by Crippen LogP contribution is 2.47. The van der Waals surface area contributed by atoms with E-state index in [0.717, 1.165) is 24.2 Å². The van der Waals surface area contributed by atoms with Gasteiger partial charge in [-0.25, -0.2) is 19.0 Å². The van der Waals surface area contributed by atoms with Gasteiger partial charge in [0.2, 0.25) is 0 Å². The minimum atomic E-state index is -1.11. The number of nitrogens with zero attached hydrogens (tertiary/aromatic N) is 5. The quantitative estimate of drug-likeness (QED) is 0.537. The summed E-state index contributed by atoms with van der Waals surface area (Å²) >= 11 is 0. The van der Waals surface area contributed by atoms with E-state index >= 15 is 0 Å². The van der Waals surface area contributed by atoms with Crippen molar-refractivity contribution in [1.82, 2.24) is 29.1 Å². The molecule has 6 rings (SSSR count). The Hall–Kier alpha value is -3.03. The number of hydrogen-bond donors (Lipinski definition) is 1. The Morgan fingerprint density at radius 3 is 2.68 bits per heavy atom. The van der Waals surface area contributed by atoms with Crippen LogP contribution in [0.3, 0.4) is 0 Å². The van der Waals surface area contributed by atoms with Crippen molar-refractivity contribution in [1.29, 1.82) is 0 Å². The van der Waals surface area contributed by atoms with Gasteiger partial charge in [-0.3, -0.25) is 4.79 Å². The largest absolute Gasteiger partial charge is 0.310 e. The van der Waals surface area contributed by atoms with Gasteiger partial charge < -0.3 is 9.38 Å². The van der Waals surface area contributed by atoms with Crippen LogP contribution in [-0.2, 0) is 0 Å². The van der Waals surface area contributed by atoms with Gasteiger partial charge in [-0.05, 0) is 57.6 Å². The van der Waals surface area contributed by atoms with Crippen LogP contribution in [0, 0.1) is 0 Å². The Morgan fingerprint density at radius 2 is 1.94 bits per heavy atom. The fraction of sp³-hybridized carbons (Fsp3) is 0.478. The van der Waals surface area contributed by atoms with Crippen LogP contribution in [0.2, 0.25) is 0 Å². The maximum absolute atomic E-state index is 14.3. The van der Waals surface area contributed by atoms with Gasteiger partial charge in [-0.15, -0.1) is 0 Å². The number of aromatic amines is 1. The zero-order valence-corrected chi connectivity index (χ0v) is 17.5. The number of H-pyrrole nitrogens is 1. The summed E-state index contributed by atoms with van der Waals surface area (Å²) in [5.74, 6) is 1.07. The van der Waals surface area contributed by atoms with Crippen molar-refractivity contribution in [2.45, 2.75) is 69.0 Å². The monoisotopic (exact) mass is 420 g/mol. The number of alkyl halides is 1. The van der Waals surface area contributed by atoms with Gasteiger partial charge in [0.25, 0.3) is 5.56 Å². The molecule has 4 heterocycles. The smallest absolute Gasteiger partial charge is 0.262 e. The van der Waals surface area contributed by atoms with Crippen LogP contribution in [0.5, 0.6) is 0 Å². The molecule has 4 aromatic rings. The summed E-state index contributed by atoms with van der Waals surface area (Å²) in [4.78, 5) is 25.5. The normalized spacial score (nSPS) is 28.8. The molecule has 0 amide bonds. The predicted molar refractivity (Wildman–Crippen MR) is 115 cm³/mol. The first kappa shape index (κ1) is 18.7. The molecule has 2 saturated carbocycles.